The Morgan fingerprint density at radius 1 is 0.765 bits per heavy atom. The van der Waals surface area contributed by atoms with Crippen molar-refractivity contribution >= 4 is 22.0 Å². The molecule has 0 unspecified atom stereocenters. The van der Waals surface area contributed by atoms with E-state index < -0.39 is 22.0 Å². The molecule has 0 spiro atoms. The van der Waals surface area contributed by atoms with Crippen LogP contribution in [0.4, 0.5) is 0 Å². The number of piperidine rings is 1. The van der Waals surface area contributed by atoms with Gasteiger partial charge in [0.25, 0.3) is 0 Å². The van der Waals surface area contributed by atoms with E-state index >= 15 is 0 Å². The topological polar surface area (TPSA) is 118 Å². The monoisotopic (exact) mass is 489 g/mol. The summed E-state index contributed by atoms with van der Waals surface area (Å²) >= 11 is 0. The van der Waals surface area contributed by atoms with E-state index in [9.17, 15) is 8.42 Å². The average molecular weight is 490 g/mol. The van der Waals surface area contributed by atoms with Crippen LogP contribution in [0.5, 0.6) is 0 Å². The minimum atomic E-state index is -3.36. The normalized spacial score (nSPS) is 18.6. The number of nitrogens with zero attached hydrogens (tertiary/aromatic N) is 3. The van der Waals surface area contributed by atoms with Gasteiger partial charge in [-0.3, -0.25) is 9.80 Å². The molecular weight excluding hydrogens is 458 g/mol. The number of sulfonamides is 1. The Balaban J connectivity index is 0.000000481. The molecule has 0 bridgehead atoms. The van der Waals surface area contributed by atoms with Gasteiger partial charge >= 0.3 is 11.9 Å². The van der Waals surface area contributed by atoms with Crippen molar-refractivity contribution in [2.75, 3.05) is 39.3 Å². The van der Waals surface area contributed by atoms with E-state index in [0.29, 0.717) is 24.0 Å². The molecule has 2 aliphatic heterocycles. The minimum Gasteiger partial charge on any atom is -0.473 e. The number of carbonyl (C=O) groups is 2. The predicted molar refractivity (Wildman–Crippen MR) is 127 cm³/mol. The summed E-state index contributed by atoms with van der Waals surface area (Å²) in [6.07, 6.45) is 2.33. The van der Waals surface area contributed by atoms with Crippen LogP contribution in [0.25, 0.3) is 0 Å². The van der Waals surface area contributed by atoms with Crippen molar-refractivity contribution < 1.29 is 28.2 Å². The van der Waals surface area contributed by atoms with Crippen molar-refractivity contribution in [3.8, 4) is 0 Å². The Kier molecular flexibility index (Phi) is 9.17. The zero-order valence-electron chi connectivity index (χ0n) is 19.0. The highest BCUT2D eigenvalue weighted by Gasteiger charge is 2.32. The van der Waals surface area contributed by atoms with E-state index in [1.165, 1.54) is 5.56 Å². The minimum absolute atomic E-state index is 0.401. The number of aliphatic carboxylic acids is 2. The molecule has 0 aromatic heterocycles. The van der Waals surface area contributed by atoms with Gasteiger partial charge in [-0.25, -0.2) is 18.0 Å². The SMILES string of the molecule is O=C(O)C(=O)O.O=S(=O)(c1ccccc1)N1CCN(C2CCN(Cc3ccccc3)CC2)CC1. The summed E-state index contributed by atoms with van der Waals surface area (Å²) in [6, 6.07) is 20.0. The van der Waals surface area contributed by atoms with Crippen molar-refractivity contribution in [1.82, 2.24) is 14.1 Å². The zero-order chi connectivity index (χ0) is 24.6. The maximum atomic E-state index is 12.8. The first-order valence-corrected chi connectivity index (χ1v) is 12.7. The summed E-state index contributed by atoms with van der Waals surface area (Å²) in [6.45, 7) is 6.08. The summed E-state index contributed by atoms with van der Waals surface area (Å²) in [5.74, 6) is -3.65. The van der Waals surface area contributed by atoms with Crippen LogP contribution in [-0.4, -0.2) is 90.0 Å². The lowest BCUT2D eigenvalue weighted by atomic mass is 10.0. The first-order valence-electron chi connectivity index (χ1n) is 11.3. The lowest BCUT2D eigenvalue weighted by molar-refractivity contribution is -0.159. The zero-order valence-corrected chi connectivity index (χ0v) is 19.8. The number of benzene rings is 2. The van der Waals surface area contributed by atoms with Gasteiger partial charge in [-0.1, -0.05) is 48.5 Å². The highest BCUT2D eigenvalue weighted by Crippen LogP contribution is 2.22. The van der Waals surface area contributed by atoms with Crippen molar-refractivity contribution in [3.05, 3.63) is 66.2 Å². The molecule has 34 heavy (non-hydrogen) atoms. The highest BCUT2D eigenvalue weighted by atomic mass is 32.2. The number of hydrogen-bond donors (Lipinski definition) is 2. The van der Waals surface area contributed by atoms with E-state index in [0.717, 1.165) is 45.6 Å². The Morgan fingerprint density at radius 3 is 1.76 bits per heavy atom. The lowest BCUT2D eigenvalue weighted by Gasteiger charge is -2.42. The number of hydrogen-bond acceptors (Lipinski definition) is 6. The van der Waals surface area contributed by atoms with Gasteiger partial charge in [0.05, 0.1) is 4.90 Å². The van der Waals surface area contributed by atoms with E-state index in [1.54, 1.807) is 28.6 Å². The second-order valence-corrected chi connectivity index (χ2v) is 10.3. The number of likely N-dealkylation sites (tertiary alicyclic amines) is 1. The summed E-state index contributed by atoms with van der Waals surface area (Å²) < 4.78 is 27.2. The Morgan fingerprint density at radius 2 is 1.26 bits per heavy atom. The molecule has 10 heteroatoms. The molecule has 2 N–H and O–H groups in total. The summed E-state index contributed by atoms with van der Waals surface area (Å²) in [5, 5.41) is 14.8. The van der Waals surface area contributed by atoms with Crippen LogP contribution in [0.2, 0.25) is 0 Å². The van der Waals surface area contributed by atoms with Crippen LogP contribution in [0.15, 0.2) is 65.6 Å². The molecule has 2 saturated heterocycles. The molecule has 0 saturated carbocycles. The Hall–Kier alpha value is -2.79. The third-order valence-corrected chi connectivity index (χ3v) is 8.07. The summed E-state index contributed by atoms with van der Waals surface area (Å²) in [4.78, 5) is 23.6. The van der Waals surface area contributed by atoms with E-state index in [-0.39, 0.29) is 0 Å². The average Bonchev–Trinajstić information content (AvgIpc) is 2.86. The van der Waals surface area contributed by atoms with Gasteiger partial charge in [-0.15, -0.1) is 0 Å². The van der Waals surface area contributed by atoms with Crippen LogP contribution in [0.3, 0.4) is 0 Å². The van der Waals surface area contributed by atoms with Gasteiger partial charge < -0.3 is 10.2 Å². The summed E-state index contributed by atoms with van der Waals surface area (Å²) in [5.41, 5.74) is 1.38. The third kappa shape index (κ3) is 7.10. The van der Waals surface area contributed by atoms with Crippen LogP contribution in [0.1, 0.15) is 18.4 Å². The number of carboxylic acid groups (broad SMARTS) is 2. The largest absolute Gasteiger partial charge is 0.473 e. The Bertz CT molecular complexity index is 1020. The van der Waals surface area contributed by atoms with Crippen LogP contribution in [0, 0.1) is 0 Å². The second kappa shape index (κ2) is 12.1. The molecule has 2 aromatic rings. The number of rotatable bonds is 5. The molecule has 9 nitrogen and oxygen atoms in total. The number of piperazine rings is 1. The van der Waals surface area contributed by atoms with Crippen molar-refractivity contribution in [1.29, 1.82) is 0 Å². The van der Waals surface area contributed by atoms with E-state index in [2.05, 4.69) is 40.1 Å². The smallest absolute Gasteiger partial charge is 0.414 e. The predicted octanol–water partition coefficient (Wildman–Crippen LogP) is 1.81. The van der Waals surface area contributed by atoms with Crippen molar-refractivity contribution in [2.45, 2.75) is 30.3 Å². The van der Waals surface area contributed by atoms with Crippen LogP contribution >= 0.6 is 0 Å². The van der Waals surface area contributed by atoms with Gasteiger partial charge in [0.2, 0.25) is 10.0 Å². The second-order valence-electron chi connectivity index (χ2n) is 8.36. The first-order chi connectivity index (χ1) is 16.3. The molecule has 184 valence electrons. The lowest BCUT2D eigenvalue weighted by Crippen LogP contribution is -2.54. The molecule has 0 amide bonds. The molecule has 2 heterocycles. The van der Waals surface area contributed by atoms with Gasteiger partial charge in [-0.2, -0.15) is 4.31 Å². The first kappa shape index (κ1) is 25.8. The van der Waals surface area contributed by atoms with Crippen molar-refractivity contribution in [2.24, 2.45) is 0 Å². The number of carboxylic acids is 2. The van der Waals surface area contributed by atoms with Gasteiger partial charge in [0.15, 0.2) is 0 Å². The molecule has 2 aliphatic rings. The molecule has 4 rings (SSSR count). The molecule has 0 radical (unpaired) electrons. The van der Waals surface area contributed by atoms with Crippen LogP contribution < -0.4 is 0 Å². The quantitative estimate of drug-likeness (QED) is 0.611. The molecule has 0 aliphatic carbocycles. The molecule has 2 fully saturated rings. The summed E-state index contributed by atoms with van der Waals surface area (Å²) in [7, 11) is -3.36. The van der Waals surface area contributed by atoms with Gasteiger partial charge in [-0.05, 0) is 43.6 Å². The van der Waals surface area contributed by atoms with E-state index in [1.807, 2.05) is 6.07 Å². The maximum Gasteiger partial charge on any atom is 0.414 e. The van der Waals surface area contributed by atoms with Crippen LogP contribution in [-0.2, 0) is 26.2 Å². The fraction of sp³-hybridized carbons (Fsp3) is 0.417. The van der Waals surface area contributed by atoms with Crippen molar-refractivity contribution in [3.63, 3.8) is 0 Å². The highest BCUT2D eigenvalue weighted by molar-refractivity contribution is 7.89. The van der Waals surface area contributed by atoms with E-state index in [4.69, 9.17) is 19.8 Å². The van der Waals surface area contributed by atoms with Gasteiger partial charge in [0.1, 0.15) is 0 Å². The molecular formula is C24H31N3O6S. The maximum absolute atomic E-state index is 12.8. The molecule has 0 atom stereocenters. The fourth-order valence-electron chi connectivity index (χ4n) is 4.33. The molecule has 2 aromatic carbocycles. The fourth-order valence-corrected chi connectivity index (χ4v) is 5.78. The van der Waals surface area contributed by atoms with Gasteiger partial charge in [0, 0.05) is 38.8 Å². The Labute approximate surface area is 200 Å². The standard InChI is InChI=1S/C22H29N3O2S.C2H2O4/c26-28(27,22-9-5-2-6-10-22)25-17-15-24(16-18-25)21-11-13-23(14-12-21)19-20-7-3-1-4-8-20;3-1(4)2(5)6/h1-10,21H,11-19H2;(H,3,4)(H,5,6). The third-order valence-electron chi connectivity index (χ3n) is 6.16.